The van der Waals surface area contributed by atoms with Crippen LogP contribution >= 0.6 is 7.37 Å². The summed E-state index contributed by atoms with van der Waals surface area (Å²) in [5, 5.41) is 0. The Bertz CT molecular complexity index is 545. The van der Waals surface area contributed by atoms with E-state index >= 15 is 0 Å². The van der Waals surface area contributed by atoms with Crippen LogP contribution in [0.15, 0.2) is 60.7 Å². The first-order valence-electron chi connectivity index (χ1n) is 8.20. The molecule has 0 aliphatic carbocycles. The van der Waals surface area contributed by atoms with Crippen molar-refractivity contribution >= 4 is 7.37 Å². The number of hydrogen-bond acceptors (Lipinski definition) is 2. The van der Waals surface area contributed by atoms with E-state index in [1.54, 1.807) is 6.92 Å². The Balaban J connectivity index is 0.00000127. The van der Waals surface area contributed by atoms with E-state index in [0.29, 0.717) is 19.3 Å². The summed E-state index contributed by atoms with van der Waals surface area (Å²) in [5.74, 6) is 0. The standard InChI is InChI=1S/C17H22NO2P.C2H6/c1-2-21(19,20)15-18(13-16-9-5-3-6-10-16)14-17-11-7-4-8-12-17;1-2/h3-12H,2,13-15H2,1H3,(H,19,20);1-2H3. The number of benzene rings is 2. The van der Waals surface area contributed by atoms with Gasteiger partial charge in [0.25, 0.3) is 0 Å². The van der Waals surface area contributed by atoms with Crippen molar-refractivity contribution < 1.29 is 9.46 Å². The fraction of sp³-hybridized carbons (Fsp3) is 0.368. The molecule has 4 heteroatoms. The van der Waals surface area contributed by atoms with Gasteiger partial charge in [0, 0.05) is 19.3 Å². The molecule has 2 aromatic rings. The second kappa shape index (κ2) is 10.4. The lowest BCUT2D eigenvalue weighted by molar-refractivity contribution is 0.286. The predicted molar refractivity (Wildman–Crippen MR) is 98.7 cm³/mol. The summed E-state index contributed by atoms with van der Waals surface area (Å²) in [6.45, 7) is 7.13. The van der Waals surface area contributed by atoms with Gasteiger partial charge in [0.15, 0.2) is 0 Å². The Morgan fingerprint density at radius 3 is 1.61 bits per heavy atom. The molecule has 3 nitrogen and oxygen atoms in total. The van der Waals surface area contributed by atoms with E-state index in [9.17, 15) is 9.46 Å². The maximum Gasteiger partial charge on any atom is 0.213 e. The van der Waals surface area contributed by atoms with Gasteiger partial charge in [-0.15, -0.1) is 0 Å². The number of nitrogens with zero attached hydrogens (tertiary/aromatic N) is 1. The van der Waals surface area contributed by atoms with Crippen LogP contribution in [-0.4, -0.2) is 22.2 Å². The molecule has 0 fully saturated rings. The maximum absolute atomic E-state index is 12.1. The van der Waals surface area contributed by atoms with Crippen molar-refractivity contribution in [1.82, 2.24) is 4.90 Å². The first-order chi connectivity index (χ1) is 11.1. The van der Waals surface area contributed by atoms with E-state index in [1.807, 2.05) is 74.5 Å². The zero-order valence-corrected chi connectivity index (χ0v) is 15.2. The molecule has 0 saturated heterocycles. The summed E-state index contributed by atoms with van der Waals surface area (Å²) < 4.78 is 12.1. The van der Waals surface area contributed by atoms with Crippen LogP contribution in [0.25, 0.3) is 0 Å². The molecule has 23 heavy (non-hydrogen) atoms. The fourth-order valence-electron chi connectivity index (χ4n) is 2.25. The van der Waals surface area contributed by atoms with E-state index in [2.05, 4.69) is 4.90 Å². The Morgan fingerprint density at radius 2 is 1.26 bits per heavy atom. The molecule has 1 atom stereocenters. The van der Waals surface area contributed by atoms with Crippen LogP contribution < -0.4 is 0 Å². The van der Waals surface area contributed by atoms with Crippen molar-refractivity contribution in [3.05, 3.63) is 71.8 Å². The third-order valence-corrected chi connectivity index (χ3v) is 5.24. The summed E-state index contributed by atoms with van der Waals surface area (Å²) in [6.07, 6.45) is 0.542. The summed E-state index contributed by atoms with van der Waals surface area (Å²) in [5.41, 5.74) is 2.31. The molecule has 0 aromatic heterocycles. The van der Waals surface area contributed by atoms with Crippen molar-refractivity contribution in [3.8, 4) is 0 Å². The fourth-order valence-corrected chi connectivity index (χ4v) is 3.28. The van der Waals surface area contributed by atoms with Gasteiger partial charge in [0.2, 0.25) is 7.37 Å². The Kier molecular flexibility index (Phi) is 8.86. The van der Waals surface area contributed by atoms with E-state index < -0.39 is 7.37 Å². The van der Waals surface area contributed by atoms with Crippen molar-refractivity contribution in [1.29, 1.82) is 0 Å². The molecule has 2 aromatic carbocycles. The zero-order valence-electron chi connectivity index (χ0n) is 14.4. The van der Waals surface area contributed by atoms with Crippen LogP contribution in [0.2, 0.25) is 0 Å². The van der Waals surface area contributed by atoms with E-state index in [0.717, 1.165) is 11.1 Å². The Hall–Kier alpha value is -1.41. The van der Waals surface area contributed by atoms with Crippen molar-refractivity contribution in [2.75, 3.05) is 12.4 Å². The molecule has 0 bridgehead atoms. The highest BCUT2D eigenvalue weighted by Gasteiger charge is 2.20. The SMILES string of the molecule is CC.CCP(=O)(O)CN(Cc1ccccc1)Cc1ccccc1. The lowest BCUT2D eigenvalue weighted by Gasteiger charge is -2.24. The average Bonchev–Trinajstić information content (AvgIpc) is 2.58. The van der Waals surface area contributed by atoms with Crippen LogP contribution in [0.1, 0.15) is 31.9 Å². The molecule has 0 heterocycles. The zero-order chi connectivity index (χ0) is 17.1. The normalized spacial score (nSPS) is 13.1. The van der Waals surface area contributed by atoms with Gasteiger partial charge in [-0.25, -0.2) is 0 Å². The van der Waals surface area contributed by atoms with Gasteiger partial charge in [-0.2, -0.15) is 0 Å². The van der Waals surface area contributed by atoms with Crippen molar-refractivity contribution in [2.45, 2.75) is 33.9 Å². The molecule has 0 aliphatic heterocycles. The molecule has 1 N–H and O–H groups in total. The van der Waals surface area contributed by atoms with E-state index in [4.69, 9.17) is 0 Å². The van der Waals surface area contributed by atoms with Crippen LogP contribution in [0.4, 0.5) is 0 Å². The van der Waals surface area contributed by atoms with Crippen LogP contribution in [0.3, 0.4) is 0 Å². The molecule has 0 aliphatic rings. The van der Waals surface area contributed by atoms with Gasteiger partial charge < -0.3 is 4.89 Å². The highest BCUT2D eigenvalue weighted by atomic mass is 31.2. The predicted octanol–water partition coefficient (Wildman–Crippen LogP) is 4.96. The molecular formula is C19H28NO2P. The van der Waals surface area contributed by atoms with Gasteiger partial charge in [-0.1, -0.05) is 81.4 Å². The van der Waals surface area contributed by atoms with Gasteiger partial charge in [0.1, 0.15) is 0 Å². The van der Waals surface area contributed by atoms with Gasteiger partial charge in [-0.3, -0.25) is 9.46 Å². The minimum absolute atomic E-state index is 0.229. The third kappa shape index (κ3) is 7.60. The topological polar surface area (TPSA) is 40.5 Å². The summed E-state index contributed by atoms with van der Waals surface area (Å²) >= 11 is 0. The van der Waals surface area contributed by atoms with Gasteiger partial charge in [-0.05, 0) is 11.1 Å². The second-order valence-electron chi connectivity index (χ2n) is 5.26. The van der Waals surface area contributed by atoms with Crippen LogP contribution in [-0.2, 0) is 17.7 Å². The molecule has 0 spiro atoms. The molecule has 2 rings (SSSR count). The molecule has 1 unspecified atom stereocenters. The average molecular weight is 333 g/mol. The quantitative estimate of drug-likeness (QED) is 0.728. The molecule has 0 saturated carbocycles. The minimum Gasteiger partial charge on any atom is -0.343 e. The Morgan fingerprint density at radius 1 is 0.870 bits per heavy atom. The molecule has 0 radical (unpaired) electrons. The van der Waals surface area contributed by atoms with Crippen molar-refractivity contribution in [3.63, 3.8) is 0 Å². The highest BCUT2D eigenvalue weighted by Crippen LogP contribution is 2.41. The largest absolute Gasteiger partial charge is 0.343 e. The highest BCUT2D eigenvalue weighted by molar-refractivity contribution is 7.57. The summed E-state index contributed by atoms with van der Waals surface area (Å²) in [4.78, 5) is 12.0. The van der Waals surface area contributed by atoms with Crippen LogP contribution in [0.5, 0.6) is 0 Å². The monoisotopic (exact) mass is 333 g/mol. The first kappa shape index (κ1) is 19.6. The minimum atomic E-state index is -3.08. The van der Waals surface area contributed by atoms with Crippen molar-refractivity contribution in [2.24, 2.45) is 0 Å². The molecule has 126 valence electrons. The third-order valence-electron chi connectivity index (χ3n) is 3.41. The molecule has 0 amide bonds. The summed E-state index contributed by atoms with van der Waals surface area (Å²) in [6, 6.07) is 20.1. The van der Waals surface area contributed by atoms with E-state index in [-0.39, 0.29) is 6.29 Å². The lowest BCUT2D eigenvalue weighted by atomic mass is 10.2. The number of hydrogen-bond donors (Lipinski definition) is 1. The van der Waals surface area contributed by atoms with Crippen LogP contribution in [0, 0.1) is 0 Å². The Labute approximate surface area is 140 Å². The summed E-state index contributed by atoms with van der Waals surface area (Å²) in [7, 11) is -3.08. The van der Waals surface area contributed by atoms with Gasteiger partial charge in [0.05, 0.1) is 6.29 Å². The number of rotatable bonds is 7. The van der Waals surface area contributed by atoms with Gasteiger partial charge >= 0.3 is 0 Å². The smallest absolute Gasteiger partial charge is 0.213 e. The molecular weight excluding hydrogens is 305 g/mol. The maximum atomic E-state index is 12.1. The lowest BCUT2D eigenvalue weighted by Crippen LogP contribution is -2.24. The first-order valence-corrected chi connectivity index (χ1v) is 10.2. The van der Waals surface area contributed by atoms with E-state index in [1.165, 1.54) is 0 Å². The second-order valence-corrected chi connectivity index (χ2v) is 7.87.